The van der Waals surface area contributed by atoms with Crippen LogP contribution in [0.15, 0.2) is 36.4 Å². The second kappa shape index (κ2) is 15.4. The first-order valence-corrected chi connectivity index (χ1v) is 16.9. The van der Waals surface area contributed by atoms with Gasteiger partial charge in [-0.3, -0.25) is 4.90 Å². The number of hydrogen-bond acceptors (Lipinski definition) is 5. The van der Waals surface area contributed by atoms with Gasteiger partial charge in [0.25, 0.3) is 0 Å². The van der Waals surface area contributed by atoms with Crippen LogP contribution in [0.2, 0.25) is 5.02 Å². The molecule has 0 N–H and O–H groups in total. The van der Waals surface area contributed by atoms with E-state index in [1.165, 1.54) is 35.2 Å². The van der Waals surface area contributed by atoms with Gasteiger partial charge < -0.3 is 14.4 Å². The summed E-state index contributed by atoms with van der Waals surface area (Å²) in [7, 11) is 3.92. The molecule has 6 heteroatoms. The summed E-state index contributed by atoms with van der Waals surface area (Å²) in [5.74, 6) is 0.630. The van der Waals surface area contributed by atoms with E-state index in [-0.39, 0.29) is 5.97 Å². The lowest BCUT2D eigenvalue weighted by atomic mass is 9.77. The summed E-state index contributed by atoms with van der Waals surface area (Å²) < 4.78 is 11.4. The molecular weight excluding hydrogens is 556 g/mol. The van der Waals surface area contributed by atoms with Crippen molar-refractivity contribution in [3.63, 3.8) is 0 Å². The molecule has 1 heterocycles. The molecule has 5 nitrogen and oxygen atoms in total. The number of likely N-dealkylation sites (tertiary alicyclic amines) is 1. The molecule has 2 aliphatic rings. The highest BCUT2D eigenvalue weighted by Crippen LogP contribution is 2.41. The molecule has 1 unspecified atom stereocenters. The fourth-order valence-corrected chi connectivity index (χ4v) is 7.78. The number of nitrogens with zero attached hydrogens (tertiary/aromatic N) is 2. The summed E-state index contributed by atoms with van der Waals surface area (Å²) in [6.07, 6.45) is 7.90. The van der Waals surface area contributed by atoms with Gasteiger partial charge in [0.1, 0.15) is 6.04 Å². The number of rotatable bonds is 13. The van der Waals surface area contributed by atoms with E-state index in [0.717, 1.165) is 68.7 Å². The van der Waals surface area contributed by atoms with Crippen LogP contribution >= 0.6 is 11.6 Å². The first-order chi connectivity index (χ1) is 20.5. The highest BCUT2D eigenvalue weighted by atomic mass is 35.5. The minimum atomic E-state index is -0.435. The molecule has 1 aliphatic carbocycles. The van der Waals surface area contributed by atoms with Gasteiger partial charge in [-0.05, 0) is 150 Å². The quantitative estimate of drug-likeness (QED) is 0.213. The number of likely N-dealkylation sites (N-methyl/N-ethyl adjacent to an activating group) is 1. The van der Waals surface area contributed by atoms with Crippen molar-refractivity contribution in [3.8, 4) is 0 Å². The summed E-state index contributed by atoms with van der Waals surface area (Å²) in [6.45, 7) is 15.6. The molecule has 4 rings (SSSR count). The summed E-state index contributed by atoms with van der Waals surface area (Å²) in [5, 5.41) is 0.790. The van der Waals surface area contributed by atoms with Crippen LogP contribution in [0.5, 0.6) is 0 Å². The van der Waals surface area contributed by atoms with Crippen molar-refractivity contribution in [3.05, 3.63) is 69.2 Å². The van der Waals surface area contributed by atoms with E-state index in [2.05, 4.69) is 74.9 Å². The lowest BCUT2D eigenvalue weighted by molar-refractivity contribution is -0.149. The van der Waals surface area contributed by atoms with Crippen molar-refractivity contribution in [2.75, 3.05) is 46.9 Å². The van der Waals surface area contributed by atoms with Gasteiger partial charge in [0.2, 0.25) is 0 Å². The SMILES string of the molecule is CCOC(=O)C(c1cccc(C)c1C1CCC(OC)CC1)N(C)CC[C@@H](CCN1CCC(C)(C)C1)c1cc(Cl)ccc1C. The molecule has 43 heavy (non-hydrogen) atoms. The molecule has 2 atom stereocenters. The van der Waals surface area contributed by atoms with Crippen LogP contribution in [0.4, 0.5) is 0 Å². The van der Waals surface area contributed by atoms with Gasteiger partial charge in [-0.15, -0.1) is 0 Å². The number of ether oxygens (including phenoxy) is 2. The van der Waals surface area contributed by atoms with Crippen molar-refractivity contribution in [2.24, 2.45) is 5.41 Å². The largest absolute Gasteiger partial charge is 0.465 e. The number of carbonyl (C=O) groups is 1. The monoisotopic (exact) mass is 610 g/mol. The Labute approximate surface area is 266 Å². The van der Waals surface area contributed by atoms with Crippen LogP contribution in [-0.2, 0) is 14.3 Å². The Bertz CT molecular complexity index is 1210. The van der Waals surface area contributed by atoms with Crippen molar-refractivity contribution >= 4 is 17.6 Å². The lowest BCUT2D eigenvalue weighted by Gasteiger charge is -2.34. The molecule has 0 radical (unpaired) electrons. The minimum absolute atomic E-state index is 0.155. The number of aryl methyl sites for hydroxylation is 2. The fraction of sp³-hybridized carbons (Fsp3) is 0.649. The average molecular weight is 611 g/mol. The van der Waals surface area contributed by atoms with E-state index in [9.17, 15) is 4.79 Å². The van der Waals surface area contributed by atoms with E-state index in [1.807, 2.05) is 20.1 Å². The number of hydrogen-bond donors (Lipinski definition) is 0. The van der Waals surface area contributed by atoms with Crippen molar-refractivity contribution in [2.45, 2.75) is 104 Å². The van der Waals surface area contributed by atoms with E-state index in [0.29, 0.717) is 30.0 Å². The molecule has 2 aromatic rings. The van der Waals surface area contributed by atoms with Crippen LogP contribution in [0.3, 0.4) is 0 Å². The van der Waals surface area contributed by atoms with Gasteiger partial charge in [-0.1, -0.05) is 49.7 Å². The predicted molar refractivity (Wildman–Crippen MR) is 178 cm³/mol. The topological polar surface area (TPSA) is 42.0 Å². The smallest absolute Gasteiger partial charge is 0.328 e. The summed E-state index contributed by atoms with van der Waals surface area (Å²) in [6, 6.07) is 12.3. The number of halogens is 1. The molecule has 0 spiro atoms. The minimum Gasteiger partial charge on any atom is -0.465 e. The van der Waals surface area contributed by atoms with E-state index in [1.54, 1.807) is 0 Å². The van der Waals surface area contributed by atoms with Gasteiger partial charge in [-0.25, -0.2) is 4.79 Å². The van der Waals surface area contributed by atoms with Gasteiger partial charge in [0.15, 0.2) is 0 Å². The Balaban J connectivity index is 1.58. The summed E-state index contributed by atoms with van der Waals surface area (Å²) in [5.41, 5.74) is 6.72. The zero-order valence-electron chi connectivity index (χ0n) is 27.8. The molecule has 0 bridgehead atoms. The third kappa shape index (κ3) is 8.84. The number of benzene rings is 2. The fourth-order valence-electron chi connectivity index (χ4n) is 7.60. The maximum absolute atomic E-state index is 13.7. The maximum Gasteiger partial charge on any atom is 0.328 e. The average Bonchev–Trinajstić information content (AvgIpc) is 3.33. The molecule has 2 aromatic carbocycles. The van der Waals surface area contributed by atoms with E-state index in [4.69, 9.17) is 21.1 Å². The molecule has 2 fully saturated rings. The van der Waals surface area contributed by atoms with Crippen molar-refractivity contribution in [1.29, 1.82) is 0 Å². The third-order valence-corrected chi connectivity index (χ3v) is 10.3. The second-order valence-electron chi connectivity index (χ2n) is 13.9. The zero-order valence-corrected chi connectivity index (χ0v) is 28.5. The maximum atomic E-state index is 13.7. The Morgan fingerprint density at radius 1 is 1.07 bits per heavy atom. The molecule has 0 aromatic heterocycles. The van der Waals surface area contributed by atoms with Gasteiger partial charge in [0, 0.05) is 18.7 Å². The molecule has 1 saturated carbocycles. The lowest BCUT2D eigenvalue weighted by Crippen LogP contribution is -2.35. The Kier molecular flexibility index (Phi) is 12.2. The van der Waals surface area contributed by atoms with Crippen molar-refractivity contribution in [1.82, 2.24) is 9.80 Å². The number of esters is 1. The van der Waals surface area contributed by atoms with Gasteiger partial charge in [-0.2, -0.15) is 0 Å². The predicted octanol–water partition coefficient (Wildman–Crippen LogP) is 8.46. The van der Waals surface area contributed by atoms with E-state index < -0.39 is 6.04 Å². The van der Waals surface area contributed by atoms with Crippen LogP contribution in [0, 0.1) is 19.3 Å². The molecule has 238 valence electrons. The Morgan fingerprint density at radius 3 is 2.47 bits per heavy atom. The molecular formula is C37H55ClN2O3. The highest BCUT2D eigenvalue weighted by Gasteiger charge is 2.34. The second-order valence-corrected chi connectivity index (χ2v) is 14.3. The van der Waals surface area contributed by atoms with Gasteiger partial charge in [0.05, 0.1) is 12.7 Å². The van der Waals surface area contributed by atoms with Crippen LogP contribution in [-0.4, -0.2) is 68.8 Å². The Hall–Kier alpha value is -1.92. The molecule has 1 saturated heterocycles. The normalized spacial score (nSPS) is 22.1. The van der Waals surface area contributed by atoms with E-state index >= 15 is 0 Å². The summed E-state index contributed by atoms with van der Waals surface area (Å²) >= 11 is 6.53. The number of methoxy groups -OCH3 is 1. The number of carbonyl (C=O) groups excluding carboxylic acids is 1. The zero-order chi connectivity index (χ0) is 31.1. The molecule has 1 aliphatic heterocycles. The van der Waals surface area contributed by atoms with Crippen LogP contribution in [0.1, 0.15) is 111 Å². The first kappa shape index (κ1) is 34.0. The highest BCUT2D eigenvalue weighted by molar-refractivity contribution is 6.30. The Morgan fingerprint density at radius 2 is 1.81 bits per heavy atom. The third-order valence-electron chi connectivity index (χ3n) is 10.1. The standard InChI is InChI=1S/C37H55ClN2O3/c1-8-43-36(41)35(32-11-9-10-27(3)34(32)29-13-16-31(42-7)17-14-29)39(6)21-18-28(33-24-30(38)15-12-26(33)2)19-22-40-23-20-37(4,5)25-40/h9-12,15,24,28-29,31,35H,8,13-14,16-23,25H2,1-7H3/t28-,29?,31?,35?/m0/s1. The van der Waals surface area contributed by atoms with Crippen LogP contribution in [0.25, 0.3) is 0 Å². The van der Waals surface area contributed by atoms with Crippen molar-refractivity contribution < 1.29 is 14.3 Å². The first-order valence-electron chi connectivity index (χ1n) is 16.5. The van der Waals surface area contributed by atoms with Crippen LogP contribution < -0.4 is 0 Å². The summed E-state index contributed by atoms with van der Waals surface area (Å²) in [4.78, 5) is 18.6. The van der Waals surface area contributed by atoms with Gasteiger partial charge >= 0.3 is 5.97 Å². The molecule has 0 amide bonds.